The molecule has 158 valence electrons. The topological polar surface area (TPSA) is 114 Å². The molecule has 0 aromatic heterocycles. The fourth-order valence-corrected chi connectivity index (χ4v) is 3.49. The van der Waals surface area contributed by atoms with Gasteiger partial charge in [0.25, 0.3) is 5.91 Å². The number of nitrogens with one attached hydrogen (secondary N) is 2. The second-order valence-corrected chi connectivity index (χ2v) is 8.18. The van der Waals surface area contributed by atoms with Crippen LogP contribution >= 0.6 is 0 Å². The van der Waals surface area contributed by atoms with E-state index in [9.17, 15) is 18.3 Å². The van der Waals surface area contributed by atoms with E-state index >= 15 is 0 Å². The molecule has 2 rings (SSSR count). The first-order chi connectivity index (χ1) is 13.8. The maximum absolute atomic E-state index is 12.3. The van der Waals surface area contributed by atoms with E-state index in [1.165, 1.54) is 31.4 Å². The number of sulfonamides is 1. The minimum absolute atomic E-state index is 0.0154. The van der Waals surface area contributed by atoms with Gasteiger partial charge in [0.1, 0.15) is 18.5 Å². The third-order valence-corrected chi connectivity index (χ3v) is 5.39. The molecule has 0 radical (unpaired) electrons. The molecule has 9 heteroatoms. The Hall–Kier alpha value is -2.46. The first-order valence-corrected chi connectivity index (χ1v) is 10.5. The van der Waals surface area contributed by atoms with E-state index in [1.807, 2.05) is 25.1 Å². The van der Waals surface area contributed by atoms with E-state index in [4.69, 9.17) is 9.47 Å². The summed E-state index contributed by atoms with van der Waals surface area (Å²) in [6, 6.07) is 13.1. The van der Waals surface area contributed by atoms with Crippen molar-refractivity contribution in [3.8, 4) is 5.75 Å². The lowest BCUT2D eigenvalue weighted by Gasteiger charge is -2.14. The molecule has 2 aromatic carbocycles. The van der Waals surface area contributed by atoms with Crippen LogP contribution in [0.25, 0.3) is 0 Å². The third kappa shape index (κ3) is 7.47. The van der Waals surface area contributed by atoms with E-state index in [1.54, 1.807) is 6.07 Å². The molecule has 0 aliphatic carbocycles. The monoisotopic (exact) mass is 422 g/mol. The number of amides is 1. The Morgan fingerprint density at radius 3 is 2.66 bits per heavy atom. The predicted molar refractivity (Wildman–Crippen MR) is 109 cm³/mol. The van der Waals surface area contributed by atoms with Crippen molar-refractivity contribution in [3.63, 3.8) is 0 Å². The number of hydrogen-bond acceptors (Lipinski definition) is 6. The largest absolute Gasteiger partial charge is 0.491 e. The fraction of sp³-hybridized carbons (Fsp3) is 0.350. The number of benzene rings is 2. The first kappa shape index (κ1) is 22.8. The summed E-state index contributed by atoms with van der Waals surface area (Å²) in [5.74, 6) is 0.141. The van der Waals surface area contributed by atoms with Crippen LogP contribution in [0.15, 0.2) is 53.4 Å². The molecule has 29 heavy (non-hydrogen) atoms. The summed E-state index contributed by atoms with van der Waals surface area (Å²) in [5, 5.41) is 12.6. The molecule has 8 nitrogen and oxygen atoms in total. The van der Waals surface area contributed by atoms with Crippen LogP contribution in [-0.2, 0) is 14.8 Å². The molecule has 0 bridgehead atoms. The number of rotatable bonds is 11. The van der Waals surface area contributed by atoms with E-state index in [0.717, 1.165) is 5.56 Å². The van der Waals surface area contributed by atoms with Crippen molar-refractivity contribution in [2.45, 2.75) is 17.9 Å². The summed E-state index contributed by atoms with van der Waals surface area (Å²) in [4.78, 5) is 12.3. The second-order valence-electron chi connectivity index (χ2n) is 6.41. The maximum atomic E-state index is 12.3. The molecular formula is C20H26N2O6S. The molecule has 0 spiro atoms. The Kier molecular flexibility index (Phi) is 8.59. The molecule has 1 atom stereocenters. The van der Waals surface area contributed by atoms with Crippen molar-refractivity contribution in [1.82, 2.24) is 10.0 Å². The van der Waals surface area contributed by atoms with Crippen molar-refractivity contribution in [1.29, 1.82) is 0 Å². The number of aryl methyl sites for hydroxylation is 1. The zero-order valence-electron chi connectivity index (χ0n) is 16.4. The summed E-state index contributed by atoms with van der Waals surface area (Å²) >= 11 is 0. The van der Waals surface area contributed by atoms with Crippen LogP contribution in [0, 0.1) is 6.92 Å². The number of aliphatic hydroxyl groups is 1. The van der Waals surface area contributed by atoms with Crippen LogP contribution < -0.4 is 14.8 Å². The lowest BCUT2D eigenvalue weighted by atomic mass is 10.2. The van der Waals surface area contributed by atoms with E-state index in [-0.39, 0.29) is 36.8 Å². The molecule has 3 N–H and O–H groups in total. The van der Waals surface area contributed by atoms with Crippen molar-refractivity contribution < 1.29 is 27.8 Å². The van der Waals surface area contributed by atoms with Gasteiger partial charge in [0.2, 0.25) is 10.0 Å². The van der Waals surface area contributed by atoms with Gasteiger partial charge < -0.3 is 19.9 Å². The zero-order chi connectivity index (χ0) is 21.3. The van der Waals surface area contributed by atoms with E-state index in [2.05, 4.69) is 10.0 Å². The van der Waals surface area contributed by atoms with Gasteiger partial charge in [-0.2, -0.15) is 0 Å². The van der Waals surface area contributed by atoms with Gasteiger partial charge in [-0.05, 0) is 42.8 Å². The van der Waals surface area contributed by atoms with Crippen molar-refractivity contribution in [2.75, 3.05) is 33.4 Å². The molecule has 0 heterocycles. The van der Waals surface area contributed by atoms with Gasteiger partial charge in [-0.25, -0.2) is 13.1 Å². The van der Waals surface area contributed by atoms with Gasteiger partial charge in [-0.15, -0.1) is 0 Å². The molecule has 0 saturated heterocycles. The minimum atomic E-state index is -3.74. The number of hydrogen-bond donors (Lipinski definition) is 3. The Morgan fingerprint density at radius 2 is 1.93 bits per heavy atom. The normalized spacial score (nSPS) is 12.4. The standard InChI is InChI=1S/C20H26N2O6S/c1-15-5-3-7-18(11-15)28-14-17(23)13-21-20(24)16-6-4-8-19(12-16)29(25,26)22-9-10-27-2/h3-8,11-12,17,22-23H,9-10,13-14H2,1-2H3,(H,21,24). The smallest absolute Gasteiger partial charge is 0.251 e. The van der Waals surface area contributed by atoms with Crippen LogP contribution in [0.4, 0.5) is 0 Å². The summed E-state index contributed by atoms with van der Waals surface area (Å²) < 4.78 is 37.2. The zero-order valence-corrected chi connectivity index (χ0v) is 17.2. The van der Waals surface area contributed by atoms with Crippen molar-refractivity contribution >= 4 is 15.9 Å². The highest BCUT2D eigenvalue weighted by molar-refractivity contribution is 7.89. The molecule has 0 fully saturated rings. The maximum Gasteiger partial charge on any atom is 0.251 e. The molecule has 0 aliphatic heterocycles. The summed E-state index contributed by atoms with van der Waals surface area (Å²) in [5.41, 5.74) is 1.21. The van der Waals surface area contributed by atoms with Gasteiger partial charge in [0.05, 0.1) is 11.5 Å². The molecule has 2 aromatic rings. The van der Waals surface area contributed by atoms with Crippen LogP contribution in [0.2, 0.25) is 0 Å². The molecule has 0 aliphatic rings. The molecule has 1 amide bonds. The lowest BCUT2D eigenvalue weighted by Crippen LogP contribution is -2.35. The lowest BCUT2D eigenvalue weighted by molar-refractivity contribution is 0.0843. The average molecular weight is 423 g/mol. The van der Waals surface area contributed by atoms with Crippen LogP contribution in [0.5, 0.6) is 5.75 Å². The number of methoxy groups -OCH3 is 1. The molecule has 0 saturated carbocycles. The Bertz CT molecular complexity index is 917. The van der Waals surface area contributed by atoms with Gasteiger partial charge in [-0.1, -0.05) is 18.2 Å². The Balaban J connectivity index is 1.88. The number of aliphatic hydroxyl groups excluding tert-OH is 1. The highest BCUT2D eigenvalue weighted by atomic mass is 32.2. The summed E-state index contributed by atoms with van der Waals surface area (Å²) in [6.45, 7) is 2.28. The fourth-order valence-electron chi connectivity index (χ4n) is 2.43. The highest BCUT2D eigenvalue weighted by Gasteiger charge is 2.16. The SMILES string of the molecule is COCCNS(=O)(=O)c1cccc(C(=O)NCC(O)COc2cccc(C)c2)c1. The Morgan fingerprint density at radius 1 is 1.17 bits per heavy atom. The number of carbonyl (C=O) groups excluding carboxylic acids is 1. The van der Waals surface area contributed by atoms with Crippen LogP contribution in [0.3, 0.4) is 0 Å². The van der Waals surface area contributed by atoms with Crippen LogP contribution in [0.1, 0.15) is 15.9 Å². The average Bonchev–Trinajstić information content (AvgIpc) is 2.70. The Labute approximate surface area is 170 Å². The quantitative estimate of drug-likeness (QED) is 0.467. The minimum Gasteiger partial charge on any atom is -0.491 e. The number of carbonyl (C=O) groups is 1. The predicted octanol–water partition coefficient (Wildman–Crippen LogP) is 1.09. The summed E-state index contributed by atoms with van der Waals surface area (Å²) in [7, 11) is -2.27. The van der Waals surface area contributed by atoms with Gasteiger partial charge in [-0.3, -0.25) is 4.79 Å². The van der Waals surface area contributed by atoms with E-state index in [0.29, 0.717) is 5.75 Å². The van der Waals surface area contributed by atoms with Gasteiger partial charge in [0, 0.05) is 25.8 Å². The van der Waals surface area contributed by atoms with E-state index < -0.39 is 22.0 Å². The molecule has 1 unspecified atom stereocenters. The third-order valence-electron chi connectivity index (χ3n) is 3.93. The highest BCUT2D eigenvalue weighted by Crippen LogP contribution is 2.13. The first-order valence-electron chi connectivity index (χ1n) is 9.06. The molecular weight excluding hydrogens is 396 g/mol. The van der Waals surface area contributed by atoms with Crippen LogP contribution in [-0.4, -0.2) is 58.9 Å². The van der Waals surface area contributed by atoms with Gasteiger partial charge >= 0.3 is 0 Å². The van der Waals surface area contributed by atoms with Crippen molar-refractivity contribution in [3.05, 3.63) is 59.7 Å². The number of ether oxygens (including phenoxy) is 2. The summed E-state index contributed by atoms with van der Waals surface area (Å²) in [6.07, 6.45) is -0.915. The van der Waals surface area contributed by atoms with Gasteiger partial charge in [0.15, 0.2) is 0 Å². The second kappa shape index (κ2) is 10.9. The van der Waals surface area contributed by atoms with Crippen molar-refractivity contribution in [2.24, 2.45) is 0 Å².